The van der Waals surface area contributed by atoms with Gasteiger partial charge < -0.3 is 16.0 Å². The minimum absolute atomic E-state index is 0.104. The Hall–Kier alpha value is -0.120. The van der Waals surface area contributed by atoms with E-state index in [-0.39, 0.29) is 6.17 Å². The molecule has 0 heterocycles. The number of unbranched alkanes of at least 4 members (excludes halogenated alkanes) is 14. The smallest absolute Gasteiger partial charge is 0.0780 e. The van der Waals surface area contributed by atoms with Crippen LogP contribution in [0, 0.1) is 0 Å². The highest BCUT2D eigenvalue weighted by molar-refractivity contribution is 4.53. The van der Waals surface area contributed by atoms with Crippen molar-refractivity contribution < 1.29 is 4.48 Å². The highest BCUT2D eigenvalue weighted by atomic mass is 15.3. The predicted octanol–water partition coefficient (Wildman–Crippen LogP) is 5.18. The summed E-state index contributed by atoms with van der Waals surface area (Å²) in [5.74, 6) is 0. The number of rotatable bonds is 18. The molecular weight excluding hydrogens is 294 g/mol. The molecule has 0 atom stereocenters. The minimum atomic E-state index is -0.104. The fourth-order valence-corrected chi connectivity index (χ4v) is 3.26. The molecule has 0 bridgehead atoms. The molecule has 0 saturated heterocycles. The lowest BCUT2D eigenvalue weighted by atomic mass is 10.0. The summed E-state index contributed by atoms with van der Waals surface area (Å²) in [7, 11) is 6.87. The number of hydrogen-bond donors (Lipinski definition) is 2. The van der Waals surface area contributed by atoms with Gasteiger partial charge in [0.1, 0.15) is 0 Å². The molecule has 3 heteroatoms. The molecule has 0 aliphatic carbocycles. The zero-order valence-electron chi connectivity index (χ0n) is 17.2. The molecule has 0 aromatic carbocycles. The second kappa shape index (κ2) is 16.4. The summed E-state index contributed by atoms with van der Waals surface area (Å²) >= 11 is 0. The molecule has 3 nitrogen and oxygen atoms in total. The van der Waals surface area contributed by atoms with E-state index in [0.717, 1.165) is 10.9 Å². The van der Waals surface area contributed by atoms with Crippen molar-refractivity contribution in [1.29, 1.82) is 0 Å². The van der Waals surface area contributed by atoms with Crippen LogP contribution in [0.3, 0.4) is 0 Å². The summed E-state index contributed by atoms with van der Waals surface area (Å²) < 4.78 is 1.11. The summed E-state index contributed by atoms with van der Waals surface area (Å²) in [6, 6.07) is 0. The molecule has 0 fully saturated rings. The Labute approximate surface area is 153 Å². The molecule has 0 rings (SSSR count). The van der Waals surface area contributed by atoms with Gasteiger partial charge in [0.05, 0.1) is 33.9 Å². The molecule has 0 spiro atoms. The Kier molecular flexibility index (Phi) is 16.3. The van der Waals surface area contributed by atoms with E-state index in [9.17, 15) is 0 Å². The molecular formula is C21H48N3+. The van der Waals surface area contributed by atoms with Gasteiger partial charge in [-0.1, -0.05) is 83.5 Å². The van der Waals surface area contributed by atoms with Crippen LogP contribution < -0.4 is 11.5 Å². The average Bonchev–Trinajstić information content (AvgIpc) is 2.49. The Morgan fingerprint density at radius 3 is 1.08 bits per heavy atom. The monoisotopic (exact) mass is 342 g/mol. The third-order valence-corrected chi connectivity index (χ3v) is 4.87. The van der Waals surface area contributed by atoms with Gasteiger partial charge in [-0.3, -0.25) is 0 Å². The van der Waals surface area contributed by atoms with Crippen LogP contribution >= 0.6 is 0 Å². The lowest BCUT2D eigenvalue weighted by molar-refractivity contribution is -0.870. The Balaban J connectivity index is 3.03. The second-order valence-electron chi connectivity index (χ2n) is 8.77. The molecule has 0 saturated carbocycles. The van der Waals surface area contributed by atoms with Crippen molar-refractivity contribution >= 4 is 0 Å². The highest BCUT2D eigenvalue weighted by Crippen LogP contribution is 2.14. The molecule has 0 aliphatic rings. The third-order valence-electron chi connectivity index (χ3n) is 4.87. The highest BCUT2D eigenvalue weighted by Gasteiger charge is 2.04. The van der Waals surface area contributed by atoms with Crippen LogP contribution in [0.4, 0.5) is 0 Å². The Morgan fingerprint density at radius 1 is 0.500 bits per heavy atom. The number of quaternary nitrogens is 1. The average molecular weight is 343 g/mol. The minimum Gasteiger partial charge on any atom is -0.331 e. The van der Waals surface area contributed by atoms with Crippen LogP contribution in [0.1, 0.15) is 103 Å². The molecule has 0 aliphatic heterocycles. The van der Waals surface area contributed by atoms with Gasteiger partial charge in [-0.05, 0) is 19.3 Å². The van der Waals surface area contributed by atoms with E-state index >= 15 is 0 Å². The van der Waals surface area contributed by atoms with Gasteiger partial charge >= 0.3 is 0 Å². The fourth-order valence-electron chi connectivity index (χ4n) is 3.26. The normalized spacial score (nSPS) is 12.2. The molecule has 0 amide bonds. The third kappa shape index (κ3) is 21.9. The standard InChI is InChI=1S/C21H48N3/c1-24(2,3)20-18-16-14-12-10-8-6-4-5-7-9-11-13-15-17-19-21(22)23/h21H,4-20,22-23H2,1-3H3/q+1. The number of nitrogens with two attached hydrogens (primary N) is 2. The van der Waals surface area contributed by atoms with Gasteiger partial charge in [-0.25, -0.2) is 0 Å². The van der Waals surface area contributed by atoms with Crippen LogP contribution in [0.15, 0.2) is 0 Å². The topological polar surface area (TPSA) is 52.0 Å². The lowest BCUT2D eigenvalue weighted by Crippen LogP contribution is -2.35. The number of nitrogens with zero attached hydrogens (tertiary/aromatic N) is 1. The quantitative estimate of drug-likeness (QED) is 0.205. The number of hydrogen-bond acceptors (Lipinski definition) is 2. The first kappa shape index (κ1) is 23.9. The largest absolute Gasteiger partial charge is 0.331 e. The van der Waals surface area contributed by atoms with Gasteiger partial charge in [0.15, 0.2) is 0 Å². The molecule has 4 N–H and O–H groups in total. The van der Waals surface area contributed by atoms with Crippen molar-refractivity contribution in [2.24, 2.45) is 11.5 Å². The maximum Gasteiger partial charge on any atom is 0.0780 e. The van der Waals surface area contributed by atoms with E-state index in [1.54, 1.807) is 0 Å². The summed E-state index contributed by atoms with van der Waals surface area (Å²) in [5, 5.41) is 0. The second-order valence-corrected chi connectivity index (χ2v) is 8.77. The van der Waals surface area contributed by atoms with Crippen molar-refractivity contribution in [2.45, 2.75) is 109 Å². The molecule has 0 aromatic heterocycles. The Morgan fingerprint density at radius 2 is 0.792 bits per heavy atom. The zero-order valence-corrected chi connectivity index (χ0v) is 17.2. The summed E-state index contributed by atoms with van der Waals surface area (Å²) in [6.07, 6.45) is 21.9. The first-order valence-corrected chi connectivity index (χ1v) is 10.7. The Bertz CT molecular complexity index is 246. The molecule has 0 unspecified atom stereocenters. The van der Waals surface area contributed by atoms with Gasteiger partial charge in [-0.2, -0.15) is 0 Å². The van der Waals surface area contributed by atoms with Gasteiger partial charge in [0, 0.05) is 0 Å². The van der Waals surface area contributed by atoms with Gasteiger partial charge in [0.25, 0.3) is 0 Å². The summed E-state index contributed by atoms with van der Waals surface area (Å²) in [6.45, 7) is 1.32. The maximum absolute atomic E-state index is 5.55. The van der Waals surface area contributed by atoms with Crippen LogP contribution in [0.2, 0.25) is 0 Å². The molecule has 0 radical (unpaired) electrons. The summed E-state index contributed by atoms with van der Waals surface area (Å²) in [5.41, 5.74) is 11.1. The maximum atomic E-state index is 5.55. The first-order valence-electron chi connectivity index (χ1n) is 10.7. The van der Waals surface area contributed by atoms with E-state index in [4.69, 9.17) is 11.5 Å². The SMILES string of the molecule is C[N+](C)(C)CCCCCCCCCCCCCCCCCC(N)N. The van der Waals surface area contributed by atoms with Gasteiger partial charge in [0.2, 0.25) is 0 Å². The van der Waals surface area contributed by atoms with E-state index in [0.29, 0.717) is 0 Å². The van der Waals surface area contributed by atoms with Crippen molar-refractivity contribution in [2.75, 3.05) is 27.7 Å². The van der Waals surface area contributed by atoms with Crippen molar-refractivity contribution in [3.63, 3.8) is 0 Å². The predicted molar refractivity (Wildman–Crippen MR) is 109 cm³/mol. The van der Waals surface area contributed by atoms with Crippen molar-refractivity contribution in [3.8, 4) is 0 Å². The van der Waals surface area contributed by atoms with Crippen LogP contribution in [0.25, 0.3) is 0 Å². The van der Waals surface area contributed by atoms with Crippen molar-refractivity contribution in [3.05, 3.63) is 0 Å². The van der Waals surface area contributed by atoms with Gasteiger partial charge in [-0.15, -0.1) is 0 Å². The van der Waals surface area contributed by atoms with E-state index in [2.05, 4.69) is 21.1 Å². The van der Waals surface area contributed by atoms with Crippen LogP contribution in [-0.4, -0.2) is 38.3 Å². The van der Waals surface area contributed by atoms with Crippen LogP contribution in [0.5, 0.6) is 0 Å². The van der Waals surface area contributed by atoms with Crippen LogP contribution in [-0.2, 0) is 0 Å². The zero-order chi connectivity index (χ0) is 18.1. The van der Waals surface area contributed by atoms with E-state index in [1.165, 1.54) is 103 Å². The van der Waals surface area contributed by atoms with E-state index in [1.807, 2.05) is 0 Å². The fraction of sp³-hybridized carbons (Fsp3) is 1.00. The molecule has 146 valence electrons. The van der Waals surface area contributed by atoms with E-state index < -0.39 is 0 Å². The summed E-state index contributed by atoms with van der Waals surface area (Å²) in [4.78, 5) is 0. The molecule has 24 heavy (non-hydrogen) atoms. The lowest BCUT2D eigenvalue weighted by Gasteiger charge is -2.23. The molecule has 0 aromatic rings. The first-order chi connectivity index (χ1) is 11.4. The van der Waals surface area contributed by atoms with Crippen molar-refractivity contribution in [1.82, 2.24) is 0 Å².